The maximum absolute atomic E-state index is 5.86. The number of hydrogen-bond donors (Lipinski definition) is 1. The zero-order valence-electron chi connectivity index (χ0n) is 8.69. The Hall–Kier alpha value is -1.51. The molecule has 0 aliphatic rings. The van der Waals surface area contributed by atoms with Crippen molar-refractivity contribution in [2.75, 3.05) is 5.48 Å². The molecule has 0 aliphatic heterocycles. The number of benzene rings is 2. The van der Waals surface area contributed by atoms with Gasteiger partial charge in [0.25, 0.3) is 0 Å². The van der Waals surface area contributed by atoms with Crippen LogP contribution in [0.5, 0.6) is 0 Å². The number of rotatable bonds is 4. The smallest absolute Gasteiger partial charge is 0.0997 e. The highest BCUT2D eigenvalue weighted by molar-refractivity contribution is 6.30. The van der Waals surface area contributed by atoms with Crippen molar-refractivity contribution in [3.63, 3.8) is 0 Å². The van der Waals surface area contributed by atoms with E-state index >= 15 is 0 Å². The van der Waals surface area contributed by atoms with Gasteiger partial charge in [0.05, 0.1) is 12.3 Å². The molecule has 2 aromatic rings. The lowest BCUT2D eigenvalue weighted by atomic mass is 10.2. The summed E-state index contributed by atoms with van der Waals surface area (Å²) in [5.41, 5.74) is 4.84. The maximum Gasteiger partial charge on any atom is 0.0997 e. The first-order valence-electron chi connectivity index (χ1n) is 5.02. The Balaban J connectivity index is 1.85. The monoisotopic (exact) mass is 233 g/mol. The van der Waals surface area contributed by atoms with E-state index in [4.69, 9.17) is 16.4 Å². The molecule has 0 atom stereocenters. The summed E-state index contributed by atoms with van der Waals surface area (Å²) in [5.74, 6) is 0. The summed E-state index contributed by atoms with van der Waals surface area (Å²) in [7, 11) is 0. The van der Waals surface area contributed by atoms with Gasteiger partial charge in [-0.1, -0.05) is 41.9 Å². The zero-order valence-corrected chi connectivity index (χ0v) is 9.45. The molecule has 2 nitrogen and oxygen atoms in total. The lowest BCUT2D eigenvalue weighted by Crippen LogP contribution is -2.00. The minimum atomic E-state index is 0.482. The predicted molar refractivity (Wildman–Crippen MR) is 66.3 cm³/mol. The van der Waals surface area contributed by atoms with Crippen LogP contribution in [0.3, 0.4) is 0 Å². The van der Waals surface area contributed by atoms with Gasteiger partial charge in [0.1, 0.15) is 0 Å². The third kappa shape index (κ3) is 3.26. The maximum atomic E-state index is 5.86. The molecule has 2 rings (SSSR count). The molecule has 0 saturated heterocycles. The van der Waals surface area contributed by atoms with Crippen LogP contribution < -0.4 is 5.48 Å². The number of halogens is 1. The van der Waals surface area contributed by atoms with Gasteiger partial charge in [-0.3, -0.25) is 10.3 Å². The van der Waals surface area contributed by atoms with E-state index in [9.17, 15) is 0 Å². The van der Waals surface area contributed by atoms with Crippen LogP contribution in [0.4, 0.5) is 5.69 Å². The van der Waals surface area contributed by atoms with Gasteiger partial charge in [0, 0.05) is 5.02 Å². The second-order valence-electron chi connectivity index (χ2n) is 3.39. The zero-order chi connectivity index (χ0) is 11.2. The van der Waals surface area contributed by atoms with Crippen LogP contribution in [0, 0.1) is 0 Å². The summed E-state index contributed by atoms with van der Waals surface area (Å²) in [6, 6.07) is 17.3. The summed E-state index contributed by atoms with van der Waals surface area (Å²) < 4.78 is 0. The molecule has 2 aromatic carbocycles. The second kappa shape index (κ2) is 5.54. The van der Waals surface area contributed by atoms with Crippen LogP contribution in [0.25, 0.3) is 0 Å². The molecule has 0 bridgehead atoms. The van der Waals surface area contributed by atoms with Gasteiger partial charge in [-0.05, 0) is 29.8 Å². The van der Waals surface area contributed by atoms with Crippen LogP contribution in [-0.4, -0.2) is 0 Å². The number of para-hydroxylation sites is 1. The lowest BCUT2D eigenvalue weighted by molar-refractivity contribution is 0.180. The molecular weight excluding hydrogens is 222 g/mol. The van der Waals surface area contributed by atoms with Gasteiger partial charge < -0.3 is 0 Å². The molecule has 0 spiro atoms. The summed E-state index contributed by atoms with van der Waals surface area (Å²) in [5, 5.41) is 0.723. The number of hydrogen-bond acceptors (Lipinski definition) is 2. The first-order chi connectivity index (χ1) is 7.84. The molecule has 82 valence electrons. The quantitative estimate of drug-likeness (QED) is 0.810. The third-order valence-corrected chi connectivity index (χ3v) is 2.33. The molecule has 1 N–H and O–H groups in total. The Morgan fingerprint density at radius 3 is 2.56 bits per heavy atom. The molecular formula is C13H12ClNO. The Morgan fingerprint density at radius 2 is 1.81 bits per heavy atom. The third-order valence-electron chi connectivity index (χ3n) is 2.09. The van der Waals surface area contributed by atoms with Crippen molar-refractivity contribution >= 4 is 17.3 Å². The predicted octanol–water partition coefficient (Wildman–Crippen LogP) is 3.88. The van der Waals surface area contributed by atoms with Crippen molar-refractivity contribution in [3.05, 3.63) is 65.2 Å². The molecule has 0 amide bonds. The Labute approximate surface area is 99.8 Å². The molecule has 0 unspecified atom stereocenters. The van der Waals surface area contributed by atoms with E-state index < -0.39 is 0 Å². The van der Waals surface area contributed by atoms with E-state index in [1.165, 1.54) is 0 Å². The highest BCUT2D eigenvalue weighted by atomic mass is 35.5. The molecule has 3 heteroatoms. The molecule has 0 radical (unpaired) electrons. The molecule has 0 heterocycles. The summed E-state index contributed by atoms with van der Waals surface area (Å²) in [6.45, 7) is 0.482. The molecule has 0 fully saturated rings. The standard InChI is InChI=1S/C13H12ClNO/c14-12-6-4-5-11(9-12)10-16-15-13-7-2-1-3-8-13/h1-9,15H,10H2. The highest BCUT2D eigenvalue weighted by Crippen LogP contribution is 2.12. The highest BCUT2D eigenvalue weighted by Gasteiger charge is 1.94. The Bertz CT molecular complexity index is 445. The van der Waals surface area contributed by atoms with Gasteiger partial charge in [0.15, 0.2) is 0 Å². The van der Waals surface area contributed by atoms with Crippen LogP contribution in [-0.2, 0) is 11.4 Å². The topological polar surface area (TPSA) is 21.3 Å². The van der Waals surface area contributed by atoms with Gasteiger partial charge in [-0.25, -0.2) is 0 Å². The SMILES string of the molecule is Clc1cccc(CONc2ccccc2)c1. The minimum absolute atomic E-state index is 0.482. The van der Waals surface area contributed by atoms with Crippen LogP contribution in [0.2, 0.25) is 5.02 Å². The average Bonchev–Trinajstić information content (AvgIpc) is 2.30. The molecule has 0 aliphatic carbocycles. The van der Waals surface area contributed by atoms with Gasteiger partial charge in [-0.15, -0.1) is 0 Å². The molecule has 0 aromatic heterocycles. The normalized spacial score (nSPS) is 10.1. The number of nitrogens with one attached hydrogen (secondary N) is 1. The number of anilines is 1. The van der Waals surface area contributed by atoms with E-state index in [1.807, 2.05) is 54.6 Å². The Morgan fingerprint density at radius 1 is 1.00 bits per heavy atom. The van der Waals surface area contributed by atoms with E-state index in [2.05, 4.69) is 5.48 Å². The van der Waals surface area contributed by atoms with Crippen LogP contribution >= 0.6 is 11.6 Å². The lowest BCUT2D eigenvalue weighted by Gasteiger charge is -2.06. The average molecular weight is 234 g/mol. The van der Waals surface area contributed by atoms with Gasteiger partial charge >= 0.3 is 0 Å². The summed E-state index contributed by atoms with van der Waals surface area (Å²) in [4.78, 5) is 5.35. The first kappa shape index (κ1) is 11.0. The van der Waals surface area contributed by atoms with Gasteiger partial charge in [-0.2, -0.15) is 0 Å². The van der Waals surface area contributed by atoms with E-state index in [0.29, 0.717) is 6.61 Å². The fourth-order valence-electron chi connectivity index (χ4n) is 1.34. The van der Waals surface area contributed by atoms with Crippen molar-refractivity contribution in [1.82, 2.24) is 0 Å². The van der Waals surface area contributed by atoms with E-state index in [-0.39, 0.29) is 0 Å². The summed E-state index contributed by atoms with van der Waals surface area (Å²) in [6.07, 6.45) is 0. The van der Waals surface area contributed by atoms with Gasteiger partial charge in [0.2, 0.25) is 0 Å². The van der Waals surface area contributed by atoms with Crippen molar-refractivity contribution in [3.8, 4) is 0 Å². The first-order valence-corrected chi connectivity index (χ1v) is 5.40. The summed E-state index contributed by atoms with van der Waals surface area (Å²) >= 11 is 5.86. The van der Waals surface area contributed by atoms with Crippen molar-refractivity contribution < 1.29 is 4.84 Å². The fourth-order valence-corrected chi connectivity index (χ4v) is 1.55. The second-order valence-corrected chi connectivity index (χ2v) is 3.82. The van der Waals surface area contributed by atoms with E-state index in [0.717, 1.165) is 16.3 Å². The van der Waals surface area contributed by atoms with Crippen LogP contribution in [0.1, 0.15) is 5.56 Å². The Kier molecular flexibility index (Phi) is 3.81. The van der Waals surface area contributed by atoms with Crippen molar-refractivity contribution in [2.45, 2.75) is 6.61 Å². The molecule has 0 saturated carbocycles. The minimum Gasteiger partial charge on any atom is -0.271 e. The fraction of sp³-hybridized carbons (Fsp3) is 0.0769. The largest absolute Gasteiger partial charge is 0.271 e. The van der Waals surface area contributed by atoms with E-state index in [1.54, 1.807) is 0 Å². The van der Waals surface area contributed by atoms with Crippen molar-refractivity contribution in [2.24, 2.45) is 0 Å². The van der Waals surface area contributed by atoms with Crippen molar-refractivity contribution in [1.29, 1.82) is 0 Å². The molecule has 16 heavy (non-hydrogen) atoms. The van der Waals surface area contributed by atoms with Crippen LogP contribution in [0.15, 0.2) is 54.6 Å².